The third-order valence-electron chi connectivity index (χ3n) is 4.00. The number of anilines is 2. The van der Waals surface area contributed by atoms with E-state index >= 15 is 0 Å². The molecule has 6 nitrogen and oxygen atoms in total. The van der Waals surface area contributed by atoms with Gasteiger partial charge in [0.2, 0.25) is 0 Å². The van der Waals surface area contributed by atoms with Gasteiger partial charge in [0.1, 0.15) is 0 Å². The summed E-state index contributed by atoms with van der Waals surface area (Å²) in [6.07, 6.45) is 1.50. The first-order valence-electron chi connectivity index (χ1n) is 8.60. The summed E-state index contributed by atoms with van der Waals surface area (Å²) in [5.74, 6) is -1.57. The van der Waals surface area contributed by atoms with E-state index in [0.717, 1.165) is 29.9 Å². The lowest BCUT2D eigenvalue weighted by atomic mass is 10.2. The summed E-state index contributed by atoms with van der Waals surface area (Å²) in [5, 5.41) is 6.40. The Morgan fingerprint density at radius 1 is 1.00 bits per heavy atom. The minimum Gasteiger partial charge on any atom is -0.372 e. The van der Waals surface area contributed by atoms with E-state index in [9.17, 15) is 9.59 Å². The van der Waals surface area contributed by atoms with E-state index in [2.05, 4.69) is 34.6 Å². The Kier molecular flexibility index (Phi) is 6.91. The van der Waals surface area contributed by atoms with Gasteiger partial charge < -0.3 is 10.2 Å². The molecule has 2 aromatic rings. The monoisotopic (exact) mass is 352 g/mol. The average Bonchev–Trinajstić information content (AvgIpc) is 2.65. The Labute approximate surface area is 153 Å². The molecule has 0 spiro atoms. The molecule has 0 radical (unpaired) electrons. The molecule has 0 fully saturated rings. The number of nitrogens with one attached hydrogen (secondary N) is 2. The quantitative estimate of drug-likeness (QED) is 0.477. The summed E-state index contributed by atoms with van der Waals surface area (Å²) in [6, 6.07) is 15.1. The van der Waals surface area contributed by atoms with E-state index in [4.69, 9.17) is 0 Å². The standard InChI is InChI=1S/C20H24N4O2/c1-4-24(5-2)17-12-10-16(11-13-17)14-21-23-20(26)19(25)22-18-9-7-6-8-15(18)3/h6-14H,4-5H2,1-3H3,(H,22,25)(H,23,26)/b21-14-. The van der Waals surface area contributed by atoms with E-state index in [1.165, 1.54) is 6.21 Å². The van der Waals surface area contributed by atoms with E-state index in [0.29, 0.717) is 5.69 Å². The third-order valence-corrected chi connectivity index (χ3v) is 4.00. The van der Waals surface area contributed by atoms with Crippen molar-refractivity contribution in [1.82, 2.24) is 5.43 Å². The lowest BCUT2D eigenvalue weighted by Crippen LogP contribution is -2.32. The van der Waals surface area contributed by atoms with Gasteiger partial charge >= 0.3 is 11.8 Å². The number of hydrogen-bond acceptors (Lipinski definition) is 4. The first-order chi connectivity index (χ1) is 12.5. The normalized spacial score (nSPS) is 10.6. The van der Waals surface area contributed by atoms with Crippen LogP contribution in [0.1, 0.15) is 25.0 Å². The van der Waals surface area contributed by atoms with Crippen LogP contribution >= 0.6 is 0 Å². The van der Waals surface area contributed by atoms with Crippen molar-refractivity contribution in [2.24, 2.45) is 5.10 Å². The molecule has 0 aliphatic heterocycles. The second kappa shape index (κ2) is 9.36. The zero-order valence-electron chi connectivity index (χ0n) is 15.3. The van der Waals surface area contributed by atoms with E-state index in [1.54, 1.807) is 12.1 Å². The van der Waals surface area contributed by atoms with Gasteiger partial charge in [0.15, 0.2) is 0 Å². The molecule has 0 unspecified atom stereocenters. The highest BCUT2D eigenvalue weighted by Gasteiger charge is 2.13. The van der Waals surface area contributed by atoms with Crippen LogP contribution in [0.25, 0.3) is 0 Å². The first-order valence-corrected chi connectivity index (χ1v) is 8.60. The molecule has 26 heavy (non-hydrogen) atoms. The lowest BCUT2D eigenvalue weighted by molar-refractivity contribution is -0.136. The van der Waals surface area contributed by atoms with Gasteiger partial charge in [0.25, 0.3) is 0 Å². The number of hydrogen-bond donors (Lipinski definition) is 2. The Balaban J connectivity index is 1.90. The summed E-state index contributed by atoms with van der Waals surface area (Å²) in [4.78, 5) is 26.0. The van der Waals surface area contributed by atoms with Gasteiger partial charge in [-0.05, 0) is 50.1 Å². The number of amides is 2. The van der Waals surface area contributed by atoms with E-state index in [1.807, 2.05) is 43.3 Å². The van der Waals surface area contributed by atoms with Crippen LogP contribution in [0.15, 0.2) is 53.6 Å². The number of para-hydroxylation sites is 1. The van der Waals surface area contributed by atoms with Crippen molar-refractivity contribution in [2.75, 3.05) is 23.3 Å². The molecular weight excluding hydrogens is 328 g/mol. The van der Waals surface area contributed by atoms with Crippen LogP contribution in [0.5, 0.6) is 0 Å². The molecule has 0 saturated carbocycles. The van der Waals surface area contributed by atoms with Gasteiger partial charge in [0.05, 0.1) is 6.21 Å². The summed E-state index contributed by atoms with van der Waals surface area (Å²) in [5.41, 5.74) is 5.69. The van der Waals surface area contributed by atoms with Crippen LogP contribution in [-0.4, -0.2) is 31.1 Å². The second-order valence-corrected chi connectivity index (χ2v) is 5.73. The maximum absolute atomic E-state index is 11.9. The number of hydrazone groups is 1. The number of carbonyl (C=O) groups excluding carboxylic acids is 2. The molecule has 136 valence electrons. The fourth-order valence-electron chi connectivity index (χ4n) is 2.47. The summed E-state index contributed by atoms with van der Waals surface area (Å²) in [7, 11) is 0. The molecule has 2 amide bonds. The third kappa shape index (κ3) is 5.17. The molecule has 0 bridgehead atoms. The SMILES string of the molecule is CCN(CC)c1ccc(/C=N\NC(=O)C(=O)Nc2ccccc2C)cc1. The van der Waals surface area contributed by atoms with Crippen LogP contribution < -0.4 is 15.6 Å². The van der Waals surface area contributed by atoms with Crippen LogP contribution in [0.2, 0.25) is 0 Å². The zero-order valence-corrected chi connectivity index (χ0v) is 15.3. The van der Waals surface area contributed by atoms with Crippen LogP contribution in [0.3, 0.4) is 0 Å². The highest BCUT2D eigenvalue weighted by atomic mass is 16.2. The maximum atomic E-state index is 11.9. The van der Waals surface area contributed by atoms with Crippen molar-refractivity contribution in [2.45, 2.75) is 20.8 Å². The fourth-order valence-corrected chi connectivity index (χ4v) is 2.47. The largest absolute Gasteiger partial charge is 0.372 e. The predicted octanol–water partition coefficient (Wildman–Crippen LogP) is 2.93. The topological polar surface area (TPSA) is 73.8 Å². The van der Waals surface area contributed by atoms with Gasteiger partial charge in [0, 0.05) is 24.5 Å². The van der Waals surface area contributed by atoms with Gasteiger partial charge in [-0.1, -0.05) is 30.3 Å². The summed E-state index contributed by atoms with van der Waals surface area (Å²) >= 11 is 0. The Bertz CT molecular complexity index is 781. The van der Waals surface area contributed by atoms with E-state index in [-0.39, 0.29) is 0 Å². The van der Waals surface area contributed by atoms with Crippen molar-refractivity contribution in [3.8, 4) is 0 Å². The molecule has 0 aliphatic rings. The average molecular weight is 352 g/mol. The lowest BCUT2D eigenvalue weighted by Gasteiger charge is -2.20. The minimum absolute atomic E-state index is 0.601. The number of nitrogens with zero attached hydrogens (tertiary/aromatic N) is 2. The molecule has 0 atom stereocenters. The van der Waals surface area contributed by atoms with Crippen molar-refractivity contribution in [3.63, 3.8) is 0 Å². The molecule has 0 heterocycles. The van der Waals surface area contributed by atoms with Gasteiger partial charge in [-0.15, -0.1) is 0 Å². The van der Waals surface area contributed by atoms with Crippen LogP contribution in [0.4, 0.5) is 11.4 Å². The highest BCUT2D eigenvalue weighted by molar-refractivity contribution is 6.39. The summed E-state index contributed by atoms with van der Waals surface area (Å²) in [6.45, 7) is 7.95. The molecule has 0 aromatic heterocycles. The zero-order chi connectivity index (χ0) is 18.9. The van der Waals surface area contributed by atoms with Crippen molar-refractivity contribution >= 4 is 29.4 Å². The fraction of sp³-hybridized carbons (Fsp3) is 0.250. The molecule has 2 N–H and O–H groups in total. The summed E-state index contributed by atoms with van der Waals surface area (Å²) < 4.78 is 0. The van der Waals surface area contributed by atoms with Crippen molar-refractivity contribution < 1.29 is 9.59 Å². The smallest absolute Gasteiger partial charge is 0.329 e. The molecule has 2 aromatic carbocycles. The minimum atomic E-state index is -0.815. The Morgan fingerprint density at radius 3 is 2.27 bits per heavy atom. The van der Waals surface area contributed by atoms with Crippen LogP contribution in [-0.2, 0) is 9.59 Å². The molecular formula is C20H24N4O2. The second-order valence-electron chi connectivity index (χ2n) is 5.73. The number of carbonyl (C=O) groups is 2. The highest BCUT2D eigenvalue weighted by Crippen LogP contribution is 2.14. The maximum Gasteiger partial charge on any atom is 0.329 e. The van der Waals surface area contributed by atoms with Crippen molar-refractivity contribution in [1.29, 1.82) is 0 Å². The molecule has 6 heteroatoms. The molecule has 0 aliphatic carbocycles. The van der Waals surface area contributed by atoms with Crippen LogP contribution in [0, 0.1) is 6.92 Å². The predicted molar refractivity (Wildman–Crippen MR) is 106 cm³/mol. The van der Waals surface area contributed by atoms with E-state index < -0.39 is 11.8 Å². The number of aryl methyl sites for hydroxylation is 1. The van der Waals surface area contributed by atoms with Gasteiger partial charge in [-0.2, -0.15) is 5.10 Å². The number of benzene rings is 2. The number of rotatable bonds is 6. The first kappa shape index (κ1) is 19.2. The molecule has 0 saturated heterocycles. The molecule has 2 rings (SSSR count). The van der Waals surface area contributed by atoms with Gasteiger partial charge in [-0.25, -0.2) is 5.43 Å². The van der Waals surface area contributed by atoms with Crippen molar-refractivity contribution in [3.05, 3.63) is 59.7 Å². The Hall–Kier alpha value is -3.15. The Morgan fingerprint density at radius 2 is 1.65 bits per heavy atom. The van der Waals surface area contributed by atoms with Gasteiger partial charge in [-0.3, -0.25) is 9.59 Å².